The van der Waals surface area contributed by atoms with Crippen LogP contribution in [0.4, 0.5) is 0 Å². The molecule has 0 aliphatic heterocycles. The van der Waals surface area contributed by atoms with Crippen molar-refractivity contribution in [3.05, 3.63) is 39.9 Å². The van der Waals surface area contributed by atoms with Crippen LogP contribution in [0.2, 0.25) is 0 Å². The molecule has 2 nitrogen and oxygen atoms in total. The molecular weight excluding hydrogens is 376 g/mol. The molecule has 0 amide bonds. The minimum atomic E-state index is -0.0499. The number of carbonyl (C=O) groups is 1. The van der Waals surface area contributed by atoms with E-state index in [9.17, 15) is 4.79 Å². The molecule has 0 radical (unpaired) electrons. The zero-order valence-electron chi connectivity index (χ0n) is 15.8. The van der Waals surface area contributed by atoms with Crippen molar-refractivity contribution in [2.24, 2.45) is 22.2 Å². The lowest BCUT2D eigenvalue weighted by Crippen LogP contribution is -2.56. The van der Waals surface area contributed by atoms with Gasteiger partial charge >= 0.3 is 0 Å². The SMILES string of the molecule is COc1cc(Br)c([C@@H]2C(=O)[C@H]3C=C[C@]34C(C)(C)CCC[C@]24C)cc1C. The quantitative estimate of drug-likeness (QED) is 0.582. The molecule has 2 fully saturated rings. The second-order valence-corrected chi connectivity index (χ2v) is 9.89. The summed E-state index contributed by atoms with van der Waals surface area (Å²) >= 11 is 3.73. The smallest absolute Gasteiger partial charge is 0.148 e. The summed E-state index contributed by atoms with van der Waals surface area (Å²) < 4.78 is 6.46. The summed E-state index contributed by atoms with van der Waals surface area (Å²) in [5.41, 5.74) is 2.38. The monoisotopic (exact) mass is 402 g/mol. The average Bonchev–Trinajstić information content (AvgIpc) is 2.61. The third kappa shape index (κ3) is 1.88. The molecule has 25 heavy (non-hydrogen) atoms. The van der Waals surface area contributed by atoms with Crippen LogP contribution < -0.4 is 4.74 Å². The van der Waals surface area contributed by atoms with Crippen molar-refractivity contribution in [3.8, 4) is 5.75 Å². The highest BCUT2D eigenvalue weighted by molar-refractivity contribution is 9.10. The van der Waals surface area contributed by atoms with Crippen molar-refractivity contribution in [3.63, 3.8) is 0 Å². The molecule has 0 aromatic heterocycles. The lowest BCUT2D eigenvalue weighted by molar-refractivity contribution is -0.123. The van der Waals surface area contributed by atoms with Crippen LogP contribution in [0, 0.1) is 29.1 Å². The number of aryl methyl sites for hydroxylation is 1. The van der Waals surface area contributed by atoms with Gasteiger partial charge < -0.3 is 4.74 Å². The third-order valence-electron chi connectivity index (χ3n) is 7.66. The molecule has 0 unspecified atom stereocenters. The van der Waals surface area contributed by atoms with Gasteiger partial charge in [0.15, 0.2) is 0 Å². The van der Waals surface area contributed by atoms with Crippen LogP contribution in [0.1, 0.15) is 57.1 Å². The summed E-state index contributed by atoms with van der Waals surface area (Å²) in [6.07, 6.45) is 8.05. The number of hydrogen-bond acceptors (Lipinski definition) is 2. The second kappa shape index (κ2) is 5.22. The summed E-state index contributed by atoms with van der Waals surface area (Å²) in [7, 11) is 1.69. The maximum atomic E-state index is 13.5. The number of carbonyl (C=O) groups excluding carboxylic acids is 1. The Morgan fingerprint density at radius 1 is 1.20 bits per heavy atom. The average molecular weight is 403 g/mol. The van der Waals surface area contributed by atoms with E-state index in [1.807, 2.05) is 6.07 Å². The van der Waals surface area contributed by atoms with Gasteiger partial charge in [0, 0.05) is 15.8 Å². The summed E-state index contributed by atoms with van der Waals surface area (Å²) in [4.78, 5) is 13.5. The molecule has 1 aromatic carbocycles. The zero-order chi connectivity index (χ0) is 18.2. The fraction of sp³-hybridized carbons (Fsp3) is 0.591. The lowest BCUT2D eigenvalue weighted by Gasteiger charge is -2.62. The van der Waals surface area contributed by atoms with Gasteiger partial charge in [-0.1, -0.05) is 61.3 Å². The van der Waals surface area contributed by atoms with Crippen molar-refractivity contribution < 1.29 is 9.53 Å². The van der Waals surface area contributed by atoms with Crippen molar-refractivity contribution in [2.75, 3.05) is 7.11 Å². The van der Waals surface area contributed by atoms with Gasteiger partial charge in [0.1, 0.15) is 11.5 Å². The summed E-state index contributed by atoms with van der Waals surface area (Å²) in [5, 5.41) is 0. The number of benzene rings is 1. The molecule has 134 valence electrons. The fourth-order valence-corrected chi connectivity index (χ4v) is 7.03. The van der Waals surface area contributed by atoms with Gasteiger partial charge in [-0.3, -0.25) is 4.79 Å². The van der Waals surface area contributed by atoms with Gasteiger partial charge in [0.25, 0.3) is 0 Å². The predicted octanol–water partition coefficient (Wildman–Crippen LogP) is 5.82. The maximum Gasteiger partial charge on any atom is 0.148 e. The molecule has 0 saturated heterocycles. The highest BCUT2D eigenvalue weighted by Crippen LogP contribution is 2.77. The molecule has 0 N–H and O–H groups in total. The number of hydrogen-bond donors (Lipinski definition) is 0. The first-order chi connectivity index (χ1) is 11.7. The number of methoxy groups -OCH3 is 1. The Hall–Kier alpha value is -1.09. The molecule has 0 bridgehead atoms. The number of halogens is 1. The van der Waals surface area contributed by atoms with Crippen LogP contribution in [0.15, 0.2) is 28.8 Å². The highest BCUT2D eigenvalue weighted by atomic mass is 79.9. The van der Waals surface area contributed by atoms with Crippen LogP contribution in [-0.4, -0.2) is 12.9 Å². The van der Waals surface area contributed by atoms with E-state index in [1.54, 1.807) is 7.11 Å². The molecule has 3 heteroatoms. The predicted molar refractivity (Wildman–Crippen MR) is 104 cm³/mol. The minimum absolute atomic E-state index is 0.00721. The largest absolute Gasteiger partial charge is 0.496 e. The molecule has 0 heterocycles. The molecule has 4 rings (SSSR count). The van der Waals surface area contributed by atoms with Crippen molar-refractivity contribution in [2.45, 2.75) is 52.9 Å². The van der Waals surface area contributed by atoms with Crippen molar-refractivity contribution in [1.29, 1.82) is 0 Å². The number of rotatable bonds is 2. The second-order valence-electron chi connectivity index (χ2n) is 9.04. The van der Waals surface area contributed by atoms with Crippen LogP contribution in [0.3, 0.4) is 0 Å². The highest BCUT2D eigenvalue weighted by Gasteiger charge is 2.73. The Bertz CT molecular complexity index is 793. The van der Waals surface area contributed by atoms with E-state index >= 15 is 0 Å². The topological polar surface area (TPSA) is 26.3 Å². The van der Waals surface area contributed by atoms with Crippen LogP contribution in [0.25, 0.3) is 0 Å². The molecular formula is C22H27BrO2. The van der Waals surface area contributed by atoms with E-state index in [2.05, 4.69) is 61.8 Å². The fourth-order valence-electron chi connectivity index (χ4n) is 6.48. The Morgan fingerprint density at radius 3 is 2.52 bits per heavy atom. The maximum absolute atomic E-state index is 13.5. The number of allylic oxidation sites excluding steroid dienone is 2. The standard InChI is InChI=1S/C22H27BrO2/c1-13-11-14(16(23)12-17(13)25-5)18-19(24)15-7-10-22(15)20(2,3)8-6-9-21(18,22)4/h7,10-12,15,18H,6,8-9H2,1-5H3/t15-,18-,21-,22-/m1/s1. The Morgan fingerprint density at radius 2 is 1.92 bits per heavy atom. The Kier molecular flexibility index (Phi) is 3.62. The van der Waals surface area contributed by atoms with E-state index in [-0.39, 0.29) is 28.1 Å². The van der Waals surface area contributed by atoms with Gasteiger partial charge in [0.05, 0.1) is 13.0 Å². The number of ether oxygens (including phenoxy) is 1. The first-order valence-electron chi connectivity index (χ1n) is 9.27. The molecule has 3 aliphatic rings. The van der Waals surface area contributed by atoms with Crippen LogP contribution in [0.5, 0.6) is 5.75 Å². The van der Waals surface area contributed by atoms with Crippen LogP contribution in [-0.2, 0) is 4.79 Å². The molecule has 4 atom stereocenters. The number of ketones is 1. The third-order valence-corrected chi connectivity index (χ3v) is 8.35. The van der Waals surface area contributed by atoms with Crippen LogP contribution >= 0.6 is 15.9 Å². The molecule has 2 saturated carbocycles. The molecule has 1 spiro atoms. The normalized spacial score (nSPS) is 38.1. The minimum Gasteiger partial charge on any atom is -0.496 e. The Labute approximate surface area is 159 Å². The first-order valence-corrected chi connectivity index (χ1v) is 10.1. The van der Waals surface area contributed by atoms with Gasteiger partial charge in [-0.15, -0.1) is 0 Å². The van der Waals surface area contributed by atoms with E-state index < -0.39 is 0 Å². The molecule has 1 aromatic rings. The van der Waals surface area contributed by atoms with E-state index in [4.69, 9.17) is 4.74 Å². The van der Waals surface area contributed by atoms with Gasteiger partial charge in [-0.25, -0.2) is 0 Å². The van der Waals surface area contributed by atoms with Crippen molar-refractivity contribution >= 4 is 21.7 Å². The number of Topliss-reactive ketones (excluding diaryl/α,β-unsaturated/α-hetero) is 1. The summed E-state index contributed by atoms with van der Waals surface area (Å²) in [6.45, 7) is 9.16. The van der Waals surface area contributed by atoms with Gasteiger partial charge in [-0.05, 0) is 47.8 Å². The lowest BCUT2D eigenvalue weighted by atomic mass is 9.41. The van der Waals surface area contributed by atoms with E-state index in [0.717, 1.165) is 27.8 Å². The van der Waals surface area contributed by atoms with E-state index in [1.165, 1.54) is 12.8 Å². The first kappa shape index (κ1) is 17.3. The Balaban J connectivity index is 1.91. The van der Waals surface area contributed by atoms with Gasteiger partial charge in [-0.2, -0.15) is 0 Å². The summed E-state index contributed by atoms with van der Waals surface area (Å²) in [6, 6.07) is 4.19. The van der Waals surface area contributed by atoms with Gasteiger partial charge in [0.2, 0.25) is 0 Å². The zero-order valence-corrected chi connectivity index (χ0v) is 17.4. The van der Waals surface area contributed by atoms with Crippen molar-refractivity contribution in [1.82, 2.24) is 0 Å². The molecule has 3 aliphatic carbocycles. The summed E-state index contributed by atoms with van der Waals surface area (Å²) in [5.74, 6) is 1.30. The van der Waals surface area contributed by atoms with E-state index in [0.29, 0.717) is 5.78 Å².